The molecular formula is C21H27FN2O4S. The first-order valence-electron chi connectivity index (χ1n) is 9.52. The lowest BCUT2D eigenvalue weighted by Crippen LogP contribution is -2.33. The summed E-state index contributed by atoms with van der Waals surface area (Å²) in [4.78, 5) is 12.0. The Morgan fingerprint density at radius 1 is 1.14 bits per heavy atom. The number of rotatable bonds is 11. The van der Waals surface area contributed by atoms with Gasteiger partial charge >= 0.3 is 0 Å². The molecule has 0 bridgehead atoms. The molecule has 0 atom stereocenters. The highest BCUT2D eigenvalue weighted by Crippen LogP contribution is 2.21. The van der Waals surface area contributed by atoms with Crippen LogP contribution in [0.2, 0.25) is 0 Å². The molecule has 8 heteroatoms. The number of sulfonamides is 1. The van der Waals surface area contributed by atoms with Gasteiger partial charge < -0.3 is 10.1 Å². The highest BCUT2D eigenvalue weighted by Gasteiger charge is 2.20. The molecule has 0 spiro atoms. The van der Waals surface area contributed by atoms with E-state index in [0.717, 1.165) is 22.7 Å². The van der Waals surface area contributed by atoms with Crippen molar-refractivity contribution in [1.82, 2.24) is 5.32 Å². The van der Waals surface area contributed by atoms with Crippen LogP contribution in [0.5, 0.6) is 5.75 Å². The fourth-order valence-corrected chi connectivity index (χ4v) is 3.74. The van der Waals surface area contributed by atoms with Crippen LogP contribution < -0.4 is 14.4 Å². The Balaban J connectivity index is 1.74. The number of hydrogen-bond donors (Lipinski definition) is 1. The number of para-hydroxylation sites is 1. The van der Waals surface area contributed by atoms with Gasteiger partial charge in [-0.2, -0.15) is 0 Å². The molecule has 0 saturated heterocycles. The van der Waals surface area contributed by atoms with Crippen LogP contribution in [0.3, 0.4) is 0 Å². The van der Waals surface area contributed by atoms with Crippen LogP contribution in [0.4, 0.5) is 10.1 Å². The Morgan fingerprint density at radius 2 is 1.83 bits per heavy atom. The van der Waals surface area contributed by atoms with E-state index in [9.17, 15) is 17.6 Å². The van der Waals surface area contributed by atoms with Gasteiger partial charge in [0.1, 0.15) is 18.2 Å². The highest BCUT2D eigenvalue weighted by atomic mass is 32.2. The van der Waals surface area contributed by atoms with Gasteiger partial charge in [0.15, 0.2) is 0 Å². The molecule has 2 aromatic carbocycles. The average Bonchev–Trinajstić information content (AvgIpc) is 2.69. The molecule has 0 aliphatic heterocycles. The lowest BCUT2D eigenvalue weighted by atomic mass is 10.2. The number of amides is 1. The molecule has 1 N–H and O–H groups in total. The van der Waals surface area contributed by atoms with Crippen molar-refractivity contribution >= 4 is 21.6 Å². The second-order valence-electron chi connectivity index (χ2n) is 6.59. The van der Waals surface area contributed by atoms with E-state index >= 15 is 0 Å². The van der Waals surface area contributed by atoms with E-state index in [0.29, 0.717) is 13.2 Å². The lowest BCUT2D eigenvalue weighted by molar-refractivity contribution is -0.121. The number of aryl methyl sites for hydroxylation is 1. The quantitative estimate of drug-likeness (QED) is 0.565. The molecule has 29 heavy (non-hydrogen) atoms. The molecule has 2 aromatic rings. The Kier molecular flexibility index (Phi) is 8.45. The van der Waals surface area contributed by atoms with Crippen molar-refractivity contribution < 1.29 is 22.3 Å². The van der Waals surface area contributed by atoms with Crippen LogP contribution in [0.25, 0.3) is 0 Å². The van der Waals surface area contributed by atoms with Crippen LogP contribution in [0.1, 0.15) is 25.3 Å². The predicted molar refractivity (Wildman–Crippen MR) is 112 cm³/mol. The molecule has 0 fully saturated rings. The number of nitrogens with zero attached hydrogens (tertiary/aromatic N) is 1. The van der Waals surface area contributed by atoms with Gasteiger partial charge in [-0.1, -0.05) is 31.2 Å². The Morgan fingerprint density at radius 3 is 2.45 bits per heavy atom. The first-order chi connectivity index (χ1) is 13.8. The SMILES string of the molecule is CCc1ccc(OCCNC(=O)CCCN(c2ccccc2F)S(C)(=O)=O)cc1. The summed E-state index contributed by atoms with van der Waals surface area (Å²) in [6.07, 6.45) is 2.38. The fourth-order valence-electron chi connectivity index (χ4n) is 2.77. The van der Waals surface area contributed by atoms with Crippen molar-refractivity contribution in [3.05, 3.63) is 59.9 Å². The van der Waals surface area contributed by atoms with E-state index in [2.05, 4.69) is 12.2 Å². The minimum atomic E-state index is -3.65. The third kappa shape index (κ3) is 7.38. The maximum absolute atomic E-state index is 13.9. The smallest absolute Gasteiger partial charge is 0.232 e. The molecule has 0 unspecified atom stereocenters. The van der Waals surface area contributed by atoms with Crippen LogP contribution in [-0.4, -0.2) is 40.3 Å². The molecule has 1 amide bonds. The molecule has 0 aliphatic rings. The molecule has 0 aliphatic carbocycles. The maximum atomic E-state index is 13.9. The number of carbonyl (C=O) groups is 1. The number of hydrogen-bond acceptors (Lipinski definition) is 4. The summed E-state index contributed by atoms with van der Waals surface area (Å²) in [5.74, 6) is -0.0893. The second kappa shape index (κ2) is 10.8. The summed E-state index contributed by atoms with van der Waals surface area (Å²) in [7, 11) is -3.65. The van der Waals surface area contributed by atoms with Gasteiger partial charge in [-0.05, 0) is 42.7 Å². The number of carbonyl (C=O) groups excluding carboxylic acids is 1. The van der Waals surface area contributed by atoms with Gasteiger partial charge in [0.2, 0.25) is 15.9 Å². The van der Waals surface area contributed by atoms with E-state index < -0.39 is 15.8 Å². The molecule has 0 aromatic heterocycles. The summed E-state index contributed by atoms with van der Waals surface area (Å²) >= 11 is 0. The topological polar surface area (TPSA) is 75.7 Å². The molecular weight excluding hydrogens is 395 g/mol. The van der Waals surface area contributed by atoms with E-state index in [-0.39, 0.29) is 31.0 Å². The van der Waals surface area contributed by atoms with Crippen molar-refractivity contribution in [1.29, 1.82) is 0 Å². The lowest BCUT2D eigenvalue weighted by Gasteiger charge is -2.22. The first-order valence-corrected chi connectivity index (χ1v) is 11.4. The van der Waals surface area contributed by atoms with E-state index in [1.165, 1.54) is 23.8 Å². The van der Waals surface area contributed by atoms with E-state index in [1.54, 1.807) is 6.07 Å². The van der Waals surface area contributed by atoms with Gasteiger partial charge in [-0.3, -0.25) is 9.10 Å². The summed E-state index contributed by atoms with van der Waals surface area (Å²) < 4.78 is 44.5. The minimum absolute atomic E-state index is 0.0158. The molecule has 158 valence electrons. The Hall–Kier alpha value is -2.61. The number of ether oxygens (including phenoxy) is 1. The third-order valence-electron chi connectivity index (χ3n) is 4.31. The van der Waals surface area contributed by atoms with Crippen LogP contribution in [0, 0.1) is 5.82 Å². The van der Waals surface area contributed by atoms with Crippen molar-refractivity contribution in [3.63, 3.8) is 0 Å². The predicted octanol–water partition coefficient (Wildman–Crippen LogP) is 3.13. The number of anilines is 1. The van der Waals surface area contributed by atoms with E-state index in [4.69, 9.17) is 4.74 Å². The minimum Gasteiger partial charge on any atom is -0.492 e. The normalized spacial score (nSPS) is 11.1. The van der Waals surface area contributed by atoms with Crippen LogP contribution in [0.15, 0.2) is 48.5 Å². The summed E-state index contributed by atoms with van der Waals surface area (Å²) in [6, 6.07) is 13.4. The van der Waals surface area contributed by atoms with Gasteiger partial charge in [0.25, 0.3) is 0 Å². The molecule has 0 heterocycles. The van der Waals surface area contributed by atoms with Gasteiger partial charge in [0.05, 0.1) is 18.5 Å². The summed E-state index contributed by atoms with van der Waals surface area (Å²) in [5.41, 5.74) is 1.21. The van der Waals surface area contributed by atoms with Crippen molar-refractivity contribution in [2.75, 3.05) is 30.3 Å². The standard InChI is InChI=1S/C21H27FN2O4S/c1-3-17-10-12-18(13-11-17)28-16-14-23-21(25)9-6-15-24(29(2,26)27)20-8-5-4-7-19(20)22/h4-5,7-8,10-13H,3,6,9,14-16H2,1-2H3,(H,23,25). The molecule has 2 rings (SSSR count). The van der Waals surface area contributed by atoms with Crippen molar-refractivity contribution in [3.8, 4) is 5.75 Å². The van der Waals surface area contributed by atoms with Crippen molar-refractivity contribution in [2.45, 2.75) is 26.2 Å². The largest absolute Gasteiger partial charge is 0.492 e. The number of halogens is 1. The maximum Gasteiger partial charge on any atom is 0.232 e. The van der Waals surface area contributed by atoms with Crippen LogP contribution >= 0.6 is 0 Å². The second-order valence-corrected chi connectivity index (χ2v) is 8.49. The zero-order chi connectivity index (χ0) is 21.3. The summed E-state index contributed by atoms with van der Waals surface area (Å²) in [5, 5.41) is 2.73. The first kappa shape index (κ1) is 22.7. The van der Waals surface area contributed by atoms with Gasteiger partial charge in [-0.25, -0.2) is 12.8 Å². The highest BCUT2D eigenvalue weighted by molar-refractivity contribution is 7.92. The average molecular weight is 423 g/mol. The van der Waals surface area contributed by atoms with Gasteiger partial charge in [0, 0.05) is 13.0 Å². The third-order valence-corrected chi connectivity index (χ3v) is 5.49. The zero-order valence-electron chi connectivity index (χ0n) is 16.7. The van der Waals surface area contributed by atoms with E-state index in [1.807, 2.05) is 24.3 Å². The van der Waals surface area contributed by atoms with Gasteiger partial charge in [-0.15, -0.1) is 0 Å². The molecule has 6 nitrogen and oxygen atoms in total. The Bertz CT molecular complexity index is 901. The summed E-state index contributed by atoms with van der Waals surface area (Å²) in [6.45, 7) is 2.78. The van der Waals surface area contributed by atoms with Crippen molar-refractivity contribution in [2.24, 2.45) is 0 Å². The fraction of sp³-hybridized carbons (Fsp3) is 0.381. The monoisotopic (exact) mass is 422 g/mol. The Labute approximate surface area is 171 Å². The zero-order valence-corrected chi connectivity index (χ0v) is 17.5. The molecule has 0 saturated carbocycles. The molecule has 0 radical (unpaired) electrons. The number of nitrogens with one attached hydrogen (secondary N) is 1. The number of benzene rings is 2. The van der Waals surface area contributed by atoms with Crippen LogP contribution in [-0.2, 0) is 21.2 Å².